The van der Waals surface area contributed by atoms with Gasteiger partial charge in [0.1, 0.15) is 27.4 Å². The Labute approximate surface area is 189 Å². The Morgan fingerprint density at radius 1 is 0.909 bits per heavy atom. The van der Waals surface area contributed by atoms with Gasteiger partial charge in [-0.2, -0.15) is 8.42 Å². The Kier molecular flexibility index (Phi) is 5.73. The Balaban J connectivity index is 1.83. The quantitative estimate of drug-likeness (QED) is 0.418. The molecule has 9 heteroatoms. The molecule has 0 saturated carbocycles. The lowest BCUT2D eigenvalue weighted by Gasteiger charge is -2.14. The van der Waals surface area contributed by atoms with E-state index in [1.54, 1.807) is 43.5 Å². The summed E-state index contributed by atoms with van der Waals surface area (Å²) < 4.78 is 46.9. The molecular formula is C24H20O8S. The Morgan fingerprint density at radius 3 is 2.18 bits per heavy atom. The molecule has 0 atom stereocenters. The van der Waals surface area contributed by atoms with E-state index in [0.29, 0.717) is 11.3 Å². The van der Waals surface area contributed by atoms with Gasteiger partial charge < -0.3 is 23.2 Å². The van der Waals surface area contributed by atoms with E-state index in [1.165, 1.54) is 31.4 Å². The van der Waals surface area contributed by atoms with Crippen LogP contribution in [0.15, 0.2) is 74.8 Å². The van der Waals surface area contributed by atoms with Crippen molar-refractivity contribution in [2.45, 2.75) is 11.8 Å². The standard InChI is InChI=1S/C24H20O8S/c1-14-4-10-17(11-5-14)33(27,28)32-24-21(30-3)13-20-22(23(24)26)18(25)12-19(31-20)15-6-8-16(29-2)9-7-15/h4-13,26H,1-3H3. The van der Waals surface area contributed by atoms with E-state index in [2.05, 4.69) is 0 Å². The number of aryl methyl sites for hydroxylation is 1. The van der Waals surface area contributed by atoms with Crippen molar-refractivity contribution in [3.63, 3.8) is 0 Å². The van der Waals surface area contributed by atoms with E-state index in [9.17, 15) is 18.3 Å². The van der Waals surface area contributed by atoms with Gasteiger partial charge in [-0.15, -0.1) is 0 Å². The van der Waals surface area contributed by atoms with Crippen molar-refractivity contribution in [2.75, 3.05) is 14.2 Å². The summed E-state index contributed by atoms with van der Waals surface area (Å²) >= 11 is 0. The van der Waals surface area contributed by atoms with E-state index in [0.717, 1.165) is 5.56 Å². The lowest BCUT2D eigenvalue weighted by molar-refractivity contribution is 0.374. The normalized spacial score (nSPS) is 11.4. The van der Waals surface area contributed by atoms with E-state index < -0.39 is 27.0 Å². The van der Waals surface area contributed by atoms with Gasteiger partial charge >= 0.3 is 10.1 Å². The SMILES string of the molecule is COc1ccc(-c2cc(=O)c3c(O)c(OS(=O)(=O)c4ccc(C)cc4)c(OC)cc3o2)cc1. The molecule has 0 fully saturated rings. The van der Waals surface area contributed by atoms with Crippen LogP contribution in [0.3, 0.4) is 0 Å². The van der Waals surface area contributed by atoms with Gasteiger partial charge in [-0.25, -0.2) is 0 Å². The van der Waals surface area contributed by atoms with Gasteiger partial charge in [0.25, 0.3) is 0 Å². The molecule has 1 heterocycles. The second-order valence-corrected chi connectivity index (χ2v) is 8.73. The summed E-state index contributed by atoms with van der Waals surface area (Å²) in [5.74, 6) is -0.439. The van der Waals surface area contributed by atoms with E-state index in [1.807, 2.05) is 6.92 Å². The third-order valence-electron chi connectivity index (χ3n) is 5.01. The first-order chi connectivity index (χ1) is 15.7. The van der Waals surface area contributed by atoms with Gasteiger partial charge in [0.05, 0.1) is 14.2 Å². The maximum Gasteiger partial charge on any atom is 0.339 e. The average molecular weight is 468 g/mol. The number of hydrogen-bond donors (Lipinski definition) is 1. The molecule has 0 amide bonds. The van der Waals surface area contributed by atoms with E-state index >= 15 is 0 Å². The van der Waals surface area contributed by atoms with Crippen molar-refractivity contribution < 1.29 is 31.6 Å². The molecular weight excluding hydrogens is 448 g/mol. The van der Waals surface area contributed by atoms with Crippen LogP contribution >= 0.6 is 0 Å². The van der Waals surface area contributed by atoms with Gasteiger partial charge in [0.2, 0.25) is 5.75 Å². The van der Waals surface area contributed by atoms with Crippen LogP contribution in [0, 0.1) is 6.92 Å². The molecule has 0 spiro atoms. The minimum atomic E-state index is -4.31. The van der Waals surface area contributed by atoms with Crippen molar-refractivity contribution in [3.05, 3.63) is 76.5 Å². The summed E-state index contributed by atoms with van der Waals surface area (Å²) in [6.07, 6.45) is 0. The number of fused-ring (bicyclic) bond motifs is 1. The highest BCUT2D eigenvalue weighted by Crippen LogP contribution is 2.43. The van der Waals surface area contributed by atoms with Crippen LogP contribution < -0.4 is 19.1 Å². The highest BCUT2D eigenvalue weighted by Gasteiger charge is 2.26. The number of ether oxygens (including phenoxy) is 2. The number of phenols is 1. The third kappa shape index (κ3) is 4.22. The number of hydrogen-bond acceptors (Lipinski definition) is 8. The zero-order valence-corrected chi connectivity index (χ0v) is 18.8. The number of rotatable bonds is 6. The molecule has 1 aromatic heterocycles. The Hall–Kier alpha value is -3.98. The fourth-order valence-corrected chi connectivity index (χ4v) is 4.20. The largest absolute Gasteiger partial charge is 0.504 e. The zero-order valence-electron chi connectivity index (χ0n) is 18.0. The summed E-state index contributed by atoms with van der Waals surface area (Å²) in [5.41, 5.74) is 0.892. The second kappa shape index (κ2) is 8.51. The average Bonchev–Trinajstić information content (AvgIpc) is 2.80. The summed E-state index contributed by atoms with van der Waals surface area (Å²) in [6, 6.07) is 15.3. The molecule has 0 aliphatic heterocycles. The molecule has 3 aromatic carbocycles. The van der Waals surface area contributed by atoms with Crippen molar-refractivity contribution in [3.8, 4) is 34.3 Å². The molecule has 170 valence electrons. The van der Waals surface area contributed by atoms with Crippen LogP contribution in [0.5, 0.6) is 23.0 Å². The molecule has 0 aliphatic carbocycles. The summed E-state index contributed by atoms with van der Waals surface area (Å²) in [7, 11) is -1.49. The van der Waals surface area contributed by atoms with Gasteiger partial charge in [-0.3, -0.25) is 4.79 Å². The topological polar surface area (TPSA) is 112 Å². The number of methoxy groups -OCH3 is 2. The highest BCUT2D eigenvalue weighted by atomic mass is 32.2. The summed E-state index contributed by atoms with van der Waals surface area (Å²) in [6.45, 7) is 1.81. The minimum Gasteiger partial charge on any atom is -0.504 e. The van der Waals surface area contributed by atoms with Crippen LogP contribution in [0.25, 0.3) is 22.3 Å². The molecule has 0 unspecified atom stereocenters. The zero-order chi connectivity index (χ0) is 23.8. The lowest BCUT2D eigenvalue weighted by Crippen LogP contribution is -2.11. The fraction of sp³-hybridized carbons (Fsp3) is 0.125. The first-order valence-corrected chi connectivity index (χ1v) is 11.2. The Bertz CT molecular complexity index is 1490. The molecule has 0 saturated heterocycles. The predicted octanol–water partition coefficient (Wildman–Crippen LogP) is 4.26. The number of aromatic hydroxyl groups is 1. The van der Waals surface area contributed by atoms with Gasteiger partial charge in [-0.1, -0.05) is 17.7 Å². The van der Waals surface area contributed by atoms with Crippen molar-refractivity contribution >= 4 is 21.1 Å². The highest BCUT2D eigenvalue weighted by molar-refractivity contribution is 7.87. The van der Waals surface area contributed by atoms with Gasteiger partial charge in [-0.05, 0) is 43.3 Å². The monoisotopic (exact) mass is 468 g/mol. The minimum absolute atomic E-state index is 0.00255. The molecule has 1 N–H and O–H groups in total. The molecule has 33 heavy (non-hydrogen) atoms. The molecule has 8 nitrogen and oxygen atoms in total. The maximum atomic E-state index is 12.9. The van der Waals surface area contributed by atoms with Crippen molar-refractivity contribution in [2.24, 2.45) is 0 Å². The number of phenolic OH excluding ortho intramolecular Hbond substituents is 1. The molecule has 4 rings (SSSR count). The molecule has 4 aromatic rings. The molecule has 0 aliphatic rings. The van der Waals surface area contributed by atoms with E-state index in [-0.39, 0.29) is 27.4 Å². The van der Waals surface area contributed by atoms with Gasteiger partial charge in [0, 0.05) is 17.7 Å². The van der Waals surface area contributed by atoms with E-state index in [4.69, 9.17) is 18.1 Å². The maximum absolute atomic E-state index is 12.9. The fourth-order valence-electron chi connectivity index (χ4n) is 3.25. The van der Waals surface area contributed by atoms with Crippen molar-refractivity contribution in [1.29, 1.82) is 0 Å². The van der Waals surface area contributed by atoms with Crippen LogP contribution in [-0.2, 0) is 10.1 Å². The molecule has 0 bridgehead atoms. The summed E-state index contributed by atoms with van der Waals surface area (Å²) in [4.78, 5) is 12.7. The number of benzene rings is 3. The van der Waals surface area contributed by atoms with Crippen LogP contribution in [0.2, 0.25) is 0 Å². The predicted molar refractivity (Wildman–Crippen MR) is 122 cm³/mol. The second-order valence-electron chi connectivity index (χ2n) is 7.18. The van der Waals surface area contributed by atoms with Gasteiger partial charge in [0.15, 0.2) is 16.9 Å². The molecule has 0 radical (unpaired) electrons. The van der Waals surface area contributed by atoms with Crippen LogP contribution in [0.4, 0.5) is 0 Å². The lowest BCUT2D eigenvalue weighted by atomic mass is 10.1. The first-order valence-electron chi connectivity index (χ1n) is 9.77. The third-order valence-corrected chi connectivity index (χ3v) is 6.25. The van der Waals surface area contributed by atoms with Crippen LogP contribution in [0.1, 0.15) is 5.56 Å². The van der Waals surface area contributed by atoms with Crippen LogP contribution in [-0.4, -0.2) is 27.7 Å². The smallest absolute Gasteiger partial charge is 0.339 e. The summed E-state index contributed by atoms with van der Waals surface area (Å²) in [5, 5.41) is 10.5. The first kappa shape index (κ1) is 22.2. The Morgan fingerprint density at radius 2 is 1.58 bits per heavy atom. The van der Waals surface area contributed by atoms with Crippen molar-refractivity contribution in [1.82, 2.24) is 0 Å².